The fourth-order valence-corrected chi connectivity index (χ4v) is 4.35. The first kappa shape index (κ1) is 15.4. The molecule has 4 heterocycles. The molecule has 3 aliphatic heterocycles. The monoisotopic (exact) mass is 350 g/mol. The van der Waals surface area contributed by atoms with E-state index in [4.69, 9.17) is 9.15 Å². The van der Waals surface area contributed by atoms with Crippen molar-refractivity contribution in [3.63, 3.8) is 0 Å². The number of furan rings is 1. The molecule has 2 fully saturated rings. The molecular weight excluding hydrogens is 332 g/mol. The van der Waals surface area contributed by atoms with E-state index in [0.29, 0.717) is 13.1 Å². The minimum atomic E-state index is -0.701. The van der Waals surface area contributed by atoms with Crippen molar-refractivity contribution >= 4 is 17.5 Å². The van der Waals surface area contributed by atoms with E-state index in [1.807, 2.05) is 48.6 Å². The van der Waals surface area contributed by atoms with E-state index in [-0.39, 0.29) is 17.9 Å². The Kier molecular flexibility index (Phi) is 3.30. The fourth-order valence-electron chi connectivity index (χ4n) is 4.35. The van der Waals surface area contributed by atoms with Crippen LogP contribution in [0.5, 0.6) is 0 Å². The average Bonchev–Trinajstić information content (AvgIpc) is 3.39. The fraction of sp³-hybridized carbons (Fsp3) is 0.300. The van der Waals surface area contributed by atoms with Gasteiger partial charge in [-0.05, 0) is 24.3 Å². The summed E-state index contributed by atoms with van der Waals surface area (Å²) in [4.78, 5) is 27.7. The number of fused-ring (bicyclic) bond motifs is 1. The summed E-state index contributed by atoms with van der Waals surface area (Å²) in [5, 5.41) is 2.92. The standard InChI is InChI=1S/C20H18N2O4/c23-18(21-13-5-2-1-3-6-13)16-15-8-9-20(26-15)12-22(19(24)17(16)20)11-14-7-4-10-25-14/h1-10,15-17H,11-12H2,(H,21,23)/t15?,16?,17?,20-/m1/s1. The Morgan fingerprint density at radius 3 is 2.85 bits per heavy atom. The van der Waals surface area contributed by atoms with Crippen LogP contribution in [0.1, 0.15) is 5.76 Å². The van der Waals surface area contributed by atoms with E-state index in [0.717, 1.165) is 11.4 Å². The van der Waals surface area contributed by atoms with Gasteiger partial charge in [-0.2, -0.15) is 0 Å². The minimum absolute atomic E-state index is 0.0542. The van der Waals surface area contributed by atoms with Crippen molar-refractivity contribution in [2.24, 2.45) is 11.8 Å². The lowest BCUT2D eigenvalue weighted by Crippen LogP contribution is -2.41. The summed E-state index contributed by atoms with van der Waals surface area (Å²) < 4.78 is 11.5. The topological polar surface area (TPSA) is 71.8 Å². The van der Waals surface area contributed by atoms with Gasteiger partial charge in [0.05, 0.1) is 37.3 Å². The Labute approximate surface area is 150 Å². The van der Waals surface area contributed by atoms with E-state index in [1.165, 1.54) is 0 Å². The molecule has 0 radical (unpaired) electrons. The highest BCUT2D eigenvalue weighted by Gasteiger charge is 2.66. The Hall–Kier alpha value is -2.86. The van der Waals surface area contributed by atoms with Gasteiger partial charge in [0.1, 0.15) is 11.4 Å². The Morgan fingerprint density at radius 1 is 1.23 bits per heavy atom. The number of rotatable bonds is 4. The average molecular weight is 350 g/mol. The van der Waals surface area contributed by atoms with E-state index < -0.39 is 17.4 Å². The molecule has 2 saturated heterocycles. The highest BCUT2D eigenvalue weighted by molar-refractivity contribution is 5.99. The largest absolute Gasteiger partial charge is 0.467 e. The summed E-state index contributed by atoms with van der Waals surface area (Å²) in [6.45, 7) is 0.832. The van der Waals surface area contributed by atoms with Crippen LogP contribution in [0.4, 0.5) is 5.69 Å². The number of nitrogens with one attached hydrogen (secondary N) is 1. The van der Waals surface area contributed by atoms with Crippen molar-refractivity contribution in [1.29, 1.82) is 0 Å². The summed E-state index contributed by atoms with van der Waals surface area (Å²) in [6.07, 6.45) is 5.11. The van der Waals surface area contributed by atoms with Crippen LogP contribution in [-0.4, -0.2) is 35.0 Å². The molecule has 1 aromatic heterocycles. The predicted molar refractivity (Wildman–Crippen MR) is 92.9 cm³/mol. The number of carbonyl (C=O) groups excluding carboxylic acids is 2. The number of hydrogen-bond acceptors (Lipinski definition) is 4. The maximum absolute atomic E-state index is 13.1. The third kappa shape index (κ3) is 2.22. The lowest BCUT2D eigenvalue weighted by Gasteiger charge is -2.23. The minimum Gasteiger partial charge on any atom is -0.467 e. The van der Waals surface area contributed by atoms with E-state index >= 15 is 0 Å². The zero-order valence-electron chi connectivity index (χ0n) is 14.0. The molecule has 2 amide bonds. The number of anilines is 1. The number of likely N-dealkylation sites (tertiary alicyclic amines) is 1. The highest BCUT2D eigenvalue weighted by Crippen LogP contribution is 2.52. The number of carbonyl (C=O) groups is 2. The predicted octanol–water partition coefficient (Wildman–Crippen LogP) is 2.20. The van der Waals surface area contributed by atoms with Gasteiger partial charge in [0.25, 0.3) is 0 Å². The Balaban J connectivity index is 1.40. The van der Waals surface area contributed by atoms with Crippen LogP contribution in [0.2, 0.25) is 0 Å². The molecule has 132 valence electrons. The molecule has 3 aliphatic rings. The summed E-state index contributed by atoms with van der Waals surface area (Å²) in [5.41, 5.74) is 0.0173. The molecule has 2 bridgehead atoms. The first-order valence-corrected chi connectivity index (χ1v) is 8.71. The summed E-state index contributed by atoms with van der Waals surface area (Å²) >= 11 is 0. The van der Waals surface area contributed by atoms with Gasteiger partial charge in [-0.15, -0.1) is 0 Å². The van der Waals surface area contributed by atoms with Crippen LogP contribution < -0.4 is 5.32 Å². The van der Waals surface area contributed by atoms with Crippen molar-refractivity contribution < 1.29 is 18.7 Å². The van der Waals surface area contributed by atoms with Crippen molar-refractivity contribution in [2.45, 2.75) is 18.2 Å². The summed E-state index contributed by atoms with van der Waals surface area (Å²) in [5.74, 6) is -0.517. The second-order valence-electron chi connectivity index (χ2n) is 7.03. The van der Waals surface area contributed by atoms with Crippen LogP contribution in [0.25, 0.3) is 0 Å². The van der Waals surface area contributed by atoms with Gasteiger partial charge in [0.2, 0.25) is 11.8 Å². The number of nitrogens with zero attached hydrogens (tertiary/aromatic N) is 1. The first-order chi connectivity index (χ1) is 12.7. The number of benzene rings is 1. The molecule has 4 atom stereocenters. The van der Waals surface area contributed by atoms with Gasteiger partial charge in [0, 0.05) is 5.69 Å². The maximum Gasteiger partial charge on any atom is 0.231 e. The quantitative estimate of drug-likeness (QED) is 0.858. The third-order valence-corrected chi connectivity index (χ3v) is 5.45. The molecule has 0 aliphatic carbocycles. The van der Waals surface area contributed by atoms with Gasteiger partial charge in [-0.1, -0.05) is 30.4 Å². The van der Waals surface area contributed by atoms with Crippen LogP contribution in [-0.2, 0) is 20.9 Å². The van der Waals surface area contributed by atoms with Crippen molar-refractivity contribution in [1.82, 2.24) is 4.90 Å². The van der Waals surface area contributed by atoms with Crippen molar-refractivity contribution in [2.75, 3.05) is 11.9 Å². The van der Waals surface area contributed by atoms with Gasteiger partial charge in [0.15, 0.2) is 0 Å². The molecule has 6 nitrogen and oxygen atoms in total. The smallest absolute Gasteiger partial charge is 0.231 e. The van der Waals surface area contributed by atoms with Gasteiger partial charge < -0.3 is 19.4 Å². The molecule has 26 heavy (non-hydrogen) atoms. The normalized spacial score (nSPS) is 31.5. The van der Waals surface area contributed by atoms with Crippen molar-refractivity contribution in [3.8, 4) is 0 Å². The van der Waals surface area contributed by atoms with Gasteiger partial charge in [-0.25, -0.2) is 0 Å². The molecule has 1 spiro atoms. The highest BCUT2D eigenvalue weighted by atomic mass is 16.5. The lowest BCUT2D eigenvalue weighted by atomic mass is 9.77. The van der Waals surface area contributed by atoms with Crippen LogP contribution in [0, 0.1) is 11.8 Å². The molecule has 1 aromatic carbocycles. The molecule has 3 unspecified atom stereocenters. The molecule has 0 saturated carbocycles. The van der Waals surface area contributed by atoms with E-state index in [9.17, 15) is 9.59 Å². The Bertz CT molecular complexity index is 876. The van der Waals surface area contributed by atoms with E-state index in [2.05, 4.69) is 5.32 Å². The molecule has 5 rings (SSSR count). The number of para-hydroxylation sites is 1. The summed E-state index contributed by atoms with van der Waals surface area (Å²) in [7, 11) is 0. The summed E-state index contributed by atoms with van der Waals surface area (Å²) in [6, 6.07) is 12.9. The zero-order chi connectivity index (χ0) is 17.7. The zero-order valence-corrected chi connectivity index (χ0v) is 14.0. The maximum atomic E-state index is 13.1. The molecule has 6 heteroatoms. The molecular formula is C20H18N2O4. The van der Waals surface area contributed by atoms with E-state index in [1.54, 1.807) is 17.2 Å². The number of hydrogen-bond donors (Lipinski definition) is 1. The number of amides is 2. The third-order valence-electron chi connectivity index (χ3n) is 5.45. The van der Waals surface area contributed by atoms with Crippen molar-refractivity contribution in [3.05, 3.63) is 66.6 Å². The Morgan fingerprint density at radius 2 is 2.08 bits per heavy atom. The number of ether oxygens (including phenoxy) is 1. The van der Waals surface area contributed by atoms with Gasteiger partial charge >= 0.3 is 0 Å². The van der Waals surface area contributed by atoms with Crippen LogP contribution >= 0.6 is 0 Å². The SMILES string of the molecule is O=C(Nc1ccccc1)C1C2C=C[C@]3(CN(Cc4ccco4)C(=O)C13)O2. The molecule has 2 aromatic rings. The first-order valence-electron chi connectivity index (χ1n) is 8.71. The van der Waals surface area contributed by atoms with Crippen LogP contribution in [0.3, 0.4) is 0 Å². The van der Waals surface area contributed by atoms with Crippen LogP contribution in [0.15, 0.2) is 65.3 Å². The second kappa shape index (κ2) is 5.57. The van der Waals surface area contributed by atoms with Gasteiger partial charge in [-0.3, -0.25) is 9.59 Å². The lowest BCUT2D eigenvalue weighted by molar-refractivity contribution is -0.136. The second-order valence-corrected chi connectivity index (χ2v) is 7.03. The molecule has 1 N–H and O–H groups in total.